The van der Waals surface area contributed by atoms with E-state index in [0.29, 0.717) is 10.2 Å². The van der Waals surface area contributed by atoms with E-state index in [2.05, 4.69) is 16.4 Å². The summed E-state index contributed by atoms with van der Waals surface area (Å²) in [5.74, 6) is -0.124. The van der Waals surface area contributed by atoms with Crippen LogP contribution in [0.3, 0.4) is 0 Å². The topological polar surface area (TPSA) is 44.9 Å². The minimum Gasteiger partial charge on any atom is -0.352 e. The van der Waals surface area contributed by atoms with Crippen LogP contribution in [-0.4, -0.2) is 16.9 Å². The molecule has 1 atom stereocenters. The largest absolute Gasteiger partial charge is 0.352 e. The van der Waals surface area contributed by atoms with Crippen molar-refractivity contribution in [1.82, 2.24) is 10.3 Å². The summed E-state index contributed by atoms with van der Waals surface area (Å²) in [6.45, 7) is 1.99. The smallest absolute Gasteiger partial charge is 0.254 e. The third-order valence-corrected chi connectivity index (χ3v) is 3.76. The molecule has 0 saturated heterocycles. The van der Waals surface area contributed by atoms with Gasteiger partial charge in [0, 0.05) is 23.5 Å². The number of H-pyrrole nitrogens is 1. The van der Waals surface area contributed by atoms with Gasteiger partial charge in [0.05, 0.1) is 5.56 Å². The lowest BCUT2D eigenvalue weighted by Gasteiger charge is -2.12. The summed E-state index contributed by atoms with van der Waals surface area (Å²) in [6, 6.07) is 7.68. The molecule has 2 N–H and O–H groups in total. The summed E-state index contributed by atoms with van der Waals surface area (Å²) in [4.78, 5) is 16.1. The molecule has 0 saturated carbocycles. The summed E-state index contributed by atoms with van der Waals surface area (Å²) < 4.78 is 0.471. The second-order valence-electron chi connectivity index (χ2n) is 4.07. The molecule has 18 heavy (non-hydrogen) atoms. The molecule has 2 heterocycles. The van der Waals surface area contributed by atoms with Gasteiger partial charge >= 0.3 is 0 Å². The van der Waals surface area contributed by atoms with E-state index in [1.54, 1.807) is 29.7 Å². The number of nitrogens with one attached hydrogen (secondary N) is 2. The molecule has 2 rings (SSSR count). The van der Waals surface area contributed by atoms with Crippen molar-refractivity contribution in [2.24, 2.45) is 0 Å². The van der Waals surface area contributed by atoms with E-state index in [-0.39, 0.29) is 11.9 Å². The Morgan fingerprint density at radius 2 is 2.33 bits per heavy atom. The fourth-order valence-electron chi connectivity index (χ4n) is 1.68. The number of hydrogen-bond acceptors (Lipinski definition) is 3. The Labute approximate surface area is 115 Å². The van der Waals surface area contributed by atoms with Crippen molar-refractivity contribution in [2.45, 2.75) is 19.4 Å². The van der Waals surface area contributed by atoms with Gasteiger partial charge in [-0.15, -0.1) is 11.3 Å². The first-order chi connectivity index (χ1) is 8.66. The quantitative estimate of drug-likeness (QED) is 0.844. The maximum absolute atomic E-state index is 12.0. The van der Waals surface area contributed by atoms with Crippen LogP contribution in [0.25, 0.3) is 0 Å². The molecule has 5 heteroatoms. The van der Waals surface area contributed by atoms with Crippen molar-refractivity contribution >= 4 is 29.5 Å². The zero-order chi connectivity index (χ0) is 13.0. The monoisotopic (exact) mass is 278 g/mol. The number of pyridine rings is 1. The van der Waals surface area contributed by atoms with Gasteiger partial charge in [-0.05, 0) is 30.5 Å². The molecule has 0 aliphatic rings. The first-order valence-electron chi connectivity index (χ1n) is 5.68. The minimum atomic E-state index is -0.124. The van der Waals surface area contributed by atoms with Crippen LogP contribution in [0.4, 0.5) is 0 Å². The number of carbonyl (C=O) groups excluding carboxylic acids is 1. The van der Waals surface area contributed by atoms with Crippen LogP contribution in [0, 0.1) is 4.64 Å². The zero-order valence-electron chi connectivity index (χ0n) is 9.97. The number of hydrogen-bond donors (Lipinski definition) is 2. The van der Waals surface area contributed by atoms with Gasteiger partial charge in [0.25, 0.3) is 5.91 Å². The normalized spacial score (nSPS) is 12.1. The van der Waals surface area contributed by atoms with Gasteiger partial charge in [0.15, 0.2) is 0 Å². The van der Waals surface area contributed by atoms with E-state index < -0.39 is 0 Å². The van der Waals surface area contributed by atoms with Crippen molar-refractivity contribution in [2.75, 3.05) is 0 Å². The van der Waals surface area contributed by atoms with E-state index in [0.717, 1.165) is 6.42 Å². The Hall–Kier alpha value is -1.46. The molecule has 0 fully saturated rings. The standard InChI is InChI=1S/C13H14N2OS2/c1-9(8-10-4-3-7-18-10)15-12(16)11-5-2-6-14-13(11)17/h2-7,9H,8H2,1H3,(H,14,17)(H,15,16)/t9-/m0/s1. The van der Waals surface area contributed by atoms with Gasteiger partial charge in [0.2, 0.25) is 0 Å². The average molecular weight is 278 g/mol. The Kier molecular flexibility index (Phi) is 4.28. The van der Waals surface area contributed by atoms with Crippen LogP contribution in [-0.2, 0) is 6.42 Å². The first-order valence-corrected chi connectivity index (χ1v) is 6.96. The first kappa shape index (κ1) is 13.0. The van der Waals surface area contributed by atoms with Crippen LogP contribution in [0.5, 0.6) is 0 Å². The molecule has 0 aromatic carbocycles. The average Bonchev–Trinajstić information content (AvgIpc) is 2.82. The molecule has 3 nitrogen and oxygen atoms in total. The summed E-state index contributed by atoms with van der Waals surface area (Å²) >= 11 is 6.78. The molecule has 0 bridgehead atoms. The van der Waals surface area contributed by atoms with Gasteiger partial charge in [-0.1, -0.05) is 18.3 Å². The van der Waals surface area contributed by atoms with Crippen molar-refractivity contribution in [3.05, 3.63) is 50.9 Å². The van der Waals surface area contributed by atoms with E-state index in [4.69, 9.17) is 12.2 Å². The zero-order valence-corrected chi connectivity index (χ0v) is 11.6. The SMILES string of the molecule is C[C@@H](Cc1cccs1)NC(=O)c1ccc[nH]c1=S. The predicted octanol–water partition coefficient (Wildman–Crippen LogP) is 3.17. The molecule has 0 unspecified atom stereocenters. The van der Waals surface area contributed by atoms with E-state index in [1.807, 2.05) is 18.4 Å². The highest BCUT2D eigenvalue weighted by Gasteiger charge is 2.11. The minimum absolute atomic E-state index is 0.0887. The van der Waals surface area contributed by atoms with Crippen molar-refractivity contribution < 1.29 is 4.79 Å². The third kappa shape index (κ3) is 3.27. The van der Waals surface area contributed by atoms with Crippen LogP contribution >= 0.6 is 23.6 Å². The highest BCUT2D eigenvalue weighted by molar-refractivity contribution is 7.71. The lowest BCUT2D eigenvalue weighted by molar-refractivity contribution is 0.0939. The molecular weight excluding hydrogens is 264 g/mol. The van der Waals surface area contributed by atoms with E-state index in [9.17, 15) is 4.79 Å². The van der Waals surface area contributed by atoms with Crippen molar-refractivity contribution in [1.29, 1.82) is 0 Å². The molecule has 1 amide bonds. The number of amides is 1. The fraction of sp³-hybridized carbons (Fsp3) is 0.231. The maximum Gasteiger partial charge on any atom is 0.254 e. The molecule has 2 aromatic rings. The predicted molar refractivity (Wildman–Crippen MR) is 76.6 cm³/mol. The van der Waals surface area contributed by atoms with Crippen LogP contribution in [0.15, 0.2) is 35.8 Å². The lowest BCUT2D eigenvalue weighted by atomic mass is 10.2. The molecule has 0 spiro atoms. The van der Waals surface area contributed by atoms with Crippen molar-refractivity contribution in [3.63, 3.8) is 0 Å². The second kappa shape index (κ2) is 5.93. The Bertz CT molecular complexity index is 575. The summed E-state index contributed by atoms with van der Waals surface area (Å²) in [5.41, 5.74) is 0.519. The molecule has 0 aliphatic carbocycles. The number of aromatic amines is 1. The van der Waals surface area contributed by atoms with Gasteiger partial charge in [-0.25, -0.2) is 0 Å². The van der Waals surface area contributed by atoms with Crippen molar-refractivity contribution in [3.8, 4) is 0 Å². The van der Waals surface area contributed by atoms with Gasteiger partial charge in [-0.2, -0.15) is 0 Å². The highest BCUT2D eigenvalue weighted by atomic mass is 32.1. The van der Waals surface area contributed by atoms with Crippen LogP contribution < -0.4 is 5.32 Å². The summed E-state index contributed by atoms with van der Waals surface area (Å²) in [6.07, 6.45) is 2.56. The number of thiophene rings is 1. The number of carbonyl (C=O) groups is 1. The number of aromatic nitrogens is 1. The second-order valence-corrected chi connectivity index (χ2v) is 5.51. The molecule has 0 aliphatic heterocycles. The summed E-state index contributed by atoms with van der Waals surface area (Å²) in [7, 11) is 0. The van der Waals surface area contributed by atoms with Crippen LogP contribution in [0.1, 0.15) is 22.2 Å². The maximum atomic E-state index is 12.0. The lowest BCUT2D eigenvalue weighted by Crippen LogP contribution is -2.34. The molecule has 0 radical (unpaired) electrons. The number of rotatable bonds is 4. The Morgan fingerprint density at radius 3 is 3.00 bits per heavy atom. The third-order valence-electron chi connectivity index (χ3n) is 2.53. The Balaban J connectivity index is 1.99. The van der Waals surface area contributed by atoms with Gasteiger partial charge in [0.1, 0.15) is 4.64 Å². The molecule has 94 valence electrons. The van der Waals surface area contributed by atoms with E-state index >= 15 is 0 Å². The van der Waals surface area contributed by atoms with E-state index in [1.165, 1.54) is 4.88 Å². The Morgan fingerprint density at radius 1 is 1.50 bits per heavy atom. The molecular formula is C13H14N2OS2. The summed E-state index contributed by atoms with van der Waals surface area (Å²) in [5, 5.41) is 5.00. The fourth-order valence-corrected chi connectivity index (χ4v) is 2.75. The molecule has 2 aromatic heterocycles. The van der Waals surface area contributed by atoms with Gasteiger partial charge in [-0.3, -0.25) is 4.79 Å². The highest BCUT2D eigenvalue weighted by Crippen LogP contribution is 2.11. The van der Waals surface area contributed by atoms with Crippen LogP contribution in [0.2, 0.25) is 0 Å². The van der Waals surface area contributed by atoms with Gasteiger partial charge < -0.3 is 10.3 Å².